The van der Waals surface area contributed by atoms with Crippen LogP contribution in [0.25, 0.3) is 0 Å². The van der Waals surface area contributed by atoms with Crippen LogP contribution in [-0.2, 0) is 9.84 Å². The third kappa shape index (κ3) is 4.05. The van der Waals surface area contributed by atoms with E-state index in [1.54, 1.807) is 0 Å². The van der Waals surface area contributed by atoms with Gasteiger partial charge in [0.15, 0.2) is 0 Å². The molecule has 0 spiro atoms. The van der Waals surface area contributed by atoms with E-state index in [0.29, 0.717) is 0 Å². The van der Waals surface area contributed by atoms with Crippen molar-refractivity contribution in [1.29, 1.82) is 0 Å². The second-order valence-corrected chi connectivity index (χ2v) is 6.42. The highest BCUT2D eigenvalue weighted by molar-refractivity contribution is 9.10. The molecule has 0 bridgehead atoms. The molecule has 0 radical (unpaired) electrons. The van der Waals surface area contributed by atoms with Crippen LogP contribution in [0, 0.1) is 11.6 Å². The maximum absolute atomic E-state index is 13.2. The summed E-state index contributed by atoms with van der Waals surface area (Å²) in [4.78, 5) is 0. The van der Waals surface area contributed by atoms with Gasteiger partial charge in [-0.05, 0) is 22.0 Å². The van der Waals surface area contributed by atoms with Crippen molar-refractivity contribution in [3.63, 3.8) is 0 Å². The summed E-state index contributed by atoms with van der Waals surface area (Å²) in [5.74, 6) is -1.57. The van der Waals surface area contributed by atoms with E-state index in [4.69, 9.17) is 0 Å². The standard InChI is InChI=1S/C9H10BrF2NO2S/c1-16(14,15)3-2-13-9-7(10)4-6(11)5-8(9)12/h4-5,13H,2-3H2,1H3. The highest BCUT2D eigenvalue weighted by Gasteiger charge is 2.10. The molecule has 7 heteroatoms. The summed E-state index contributed by atoms with van der Waals surface area (Å²) in [5, 5.41) is 2.60. The Hall–Kier alpha value is -0.690. The van der Waals surface area contributed by atoms with Crippen LogP contribution in [0.3, 0.4) is 0 Å². The van der Waals surface area contributed by atoms with Gasteiger partial charge >= 0.3 is 0 Å². The van der Waals surface area contributed by atoms with Gasteiger partial charge in [-0.3, -0.25) is 0 Å². The highest BCUT2D eigenvalue weighted by atomic mass is 79.9. The van der Waals surface area contributed by atoms with Crippen LogP contribution in [0.4, 0.5) is 14.5 Å². The van der Waals surface area contributed by atoms with Crippen molar-refractivity contribution >= 4 is 31.5 Å². The third-order valence-corrected chi connectivity index (χ3v) is 3.35. The van der Waals surface area contributed by atoms with Gasteiger partial charge in [-0.2, -0.15) is 0 Å². The smallest absolute Gasteiger partial charge is 0.150 e. The maximum Gasteiger partial charge on any atom is 0.150 e. The maximum atomic E-state index is 13.2. The Bertz CT molecular complexity index is 467. The van der Waals surface area contributed by atoms with Crippen LogP contribution >= 0.6 is 15.9 Å². The lowest BCUT2D eigenvalue weighted by molar-refractivity contribution is 0.583. The molecule has 16 heavy (non-hydrogen) atoms. The van der Waals surface area contributed by atoms with E-state index in [0.717, 1.165) is 18.4 Å². The summed E-state index contributed by atoms with van der Waals surface area (Å²) >= 11 is 2.99. The molecule has 1 N–H and O–H groups in total. The molecule has 1 rings (SSSR count). The molecule has 90 valence electrons. The first-order valence-corrected chi connectivity index (χ1v) is 7.21. The molecule has 0 heterocycles. The van der Waals surface area contributed by atoms with Crippen molar-refractivity contribution in [1.82, 2.24) is 0 Å². The largest absolute Gasteiger partial charge is 0.381 e. The number of anilines is 1. The van der Waals surface area contributed by atoms with Crippen molar-refractivity contribution < 1.29 is 17.2 Å². The molecule has 0 unspecified atom stereocenters. The molecule has 0 aromatic heterocycles. The number of rotatable bonds is 4. The molecular formula is C9H10BrF2NO2S. The van der Waals surface area contributed by atoms with Gasteiger partial charge in [-0.1, -0.05) is 0 Å². The minimum Gasteiger partial charge on any atom is -0.381 e. The van der Waals surface area contributed by atoms with E-state index >= 15 is 0 Å². The quantitative estimate of drug-likeness (QED) is 0.926. The summed E-state index contributed by atoms with van der Waals surface area (Å²) in [7, 11) is -3.10. The first-order valence-electron chi connectivity index (χ1n) is 4.36. The molecular weight excluding hydrogens is 304 g/mol. The van der Waals surface area contributed by atoms with Crippen LogP contribution < -0.4 is 5.32 Å². The lowest BCUT2D eigenvalue weighted by Crippen LogP contribution is -2.15. The van der Waals surface area contributed by atoms with Crippen LogP contribution in [-0.4, -0.2) is 27.0 Å². The van der Waals surface area contributed by atoms with Gasteiger partial charge in [0, 0.05) is 23.3 Å². The lowest BCUT2D eigenvalue weighted by atomic mass is 10.3. The van der Waals surface area contributed by atoms with E-state index in [-0.39, 0.29) is 22.5 Å². The fourth-order valence-electron chi connectivity index (χ4n) is 1.07. The first kappa shape index (κ1) is 13.4. The Morgan fingerprint density at radius 3 is 2.50 bits per heavy atom. The van der Waals surface area contributed by atoms with Crippen molar-refractivity contribution in [2.24, 2.45) is 0 Å². The van der Waals surface area contributed by atoms with Gasteiger partial charge in [-0.15, -0.1) is 0 Å². The van der Waals surface area contributed by atoms with E-state index in [2.05, 4.69) is 21.2 Å². The number of benzene rings is 1. The average molecular weight is 314 g/mol. The first-order chi connectivity index (χ1) is 7.29. The fourth-order valence-corrected chi connectivity index (χ4v) is 2.09. The number of sulfone groups is 1. The number of nitrogens with one attached hydrogen (secondary N) is 1. The second-order valence-electron chi connectivity index (χ2n) is 3.30. The van der Waals surface area contributed by atoms with Gasteiger partial charge in [0.2, 0.25) is 0 Å². The average Bonchev–Trinajstić information content (AvgIpc) is 2.07. The van der Waals surface area contributed by atoms with Crippen molar-refractivity contribution in [2.45, 2.75) is 0 Å². The number of halogens is 3. The molecule has 0 fully saturated rings. The second kappa shape index (κ2) is 5.09. The molecule has 0 amide bonds. The van der Waals surface area contributed by atoms with Gasteiger partial charge in [0.05, 0.1) is 11.4 Å². The van der Waals surface area contributed by atoms with Crippen LogP contribution in [0.1, 0.15) is 0 Å². The zero-order valence-electron chi connectivity index (χ0n) is 8.43. The van der Waals surface area contributed by atoms with Crippen LogP contribution in [0.15, 0.2) is 16.6 Å². The third-order valence-electron chi connectivity index (χ3n) is 1.78. The number of hydrogen-bond donors (Lipinski definition) is 1. The Labute approximate surface area is 101 Å². The molecule has 0 aliphatic carbocycles. The Morgan fingerprint density at radius 2 is 2.00 bits per heavy atom. The van der Waals surface area contributed by atoms with Crippen LogP contribution in [0.2, 0.25) is 0 Å². The molecule has 1 aromatic rings. The summed E-state index contributed by atoms with van der Waals surface area (Å²) in [5.41, 5.74) is 0.0602. The van der Waals surface area contributed by atoms with Crippen molar-refractivity contribution in [2.75, 3.05) is 23.9 Å². The van der Waals surface area contributed by atoms with Crippen LogP contribution in [0.5, 0.6) is 0 Å². The lowest BCUT2D eigenvalue weighted by Gasteiger charge is -2.09. The van der Waals surface area contributed by atoms with E-state index < -0.39 is 21.5 Å². The van der Waals surface area contributed by atoms with Gasteiger partial charge in [0.1, 0.15) is 21.5 Å². The van der Waals surface area contributed by atoms with Gasteiger partial charge < -0.3 is 5.32 Å². The summed E-state index contributed by atoms with van der Waals surface area (Å²) in [6.45, 7) is 0.0694. The Kier molecular flexibility index (Phi) is 4.26. The van der Waals surface area contributed by atoms with E-state index in [9.17, 15) is 17.2 Å². The molecule has 0 atom stereocenters. The molecule has 0 aliphatic rings. The van der Waals surface area contributed by atoms with Gasteiger partial charge in [0.25, 0.3) is 0 Å². The molecule has 0 saturated carbocycles. The monoisotopic (exact) mass is 313 g/mol. The van der Waals surface area contributed by atoms with E-state index in [1.165, 1.54) is 0 Å². The highest BCUT2D eigenvalue weighted by Crippen LogP contribution is 2.26. The predicted octanol–water partition coefficient (Wildman–Crippen LogP) is 2.18. The Balaban J connectivity index is 2.75. The zero-order valence-corrected chi connectivity index (χ0v) is 10.8. The van der Waals surface area contributed by atoms with E-state index in [1.807, 2.05) is 0 Å². The predicted molar refractivity (Wildman–Crippen MR) is 62.3 cm³/mol. The van der Waals surface area contributed by atoms with Crippen molar-refractivity contribution in [3.8, 4) is 0 Å². The summed E-state index contributed by atoms with van der Waals surface area (Å²) in [6, 6.07) is 1.83. The molecule has 1 aromatic carbocycles. The summed E-state index contributed by atoms with van der Waals surface area (Å²) in [6.07, 6.45) is 1.09. The normalized spacial score (nSPS) is 11.5. The minimum absolute atomic E-state index is 0.0602. The molecule has 3 nitrogen and oxygen atoms in total. The van der Waals surface area contributed by atoms with Gasteiger partial charge in [-0.25, -0.2) is 17.2 Å². The Morgan fingerprint density at radius 1 is 1.38 bits per heavy atom. The zero-order chi connectivity index (χ0) is 12.3. The number of hydrogen-bond acceptors (Lipinski definition) is 3. The minimum atomic E-state index is -3.10. The fraction of sp³-hybridized carbons (Fsp3) is 0.333. The van der Waals surface area contributed by atoms with Crippen molar-refractivity contribution in [3.05, 3.63) is 28.2 Å². The SMILES string of the molecule is CS(=O)(=O)CCNc1c(F)cc(F)cc1Br. The molecule has 0 saturated heterocycles. The molecule has 0 aliphatic heterocycles. The topological polar surface area (TPSA) is 46.2 Å². The summed E-state index contributed by atoms with van der Waals surface area (Å²) < 4.78 is 47.9.